The molecule has 1 atom stereocenters. The molecule has 1 fully saturated rings. The lowest BCUT2D eigenvalue weighted by Gasteiger charge is -2.11. The fourth-order valence-electron chi connectivity index (χ4n) is 2.66. The van der Waals surface area contributed by atoms with Crippen LogP contribution in [0, 0.1) is 12.8 Å². The molecule has 20 heavy (non-hydrogen) atoms. The molecule has 0 spiro atoms. The smallest absolute Gasteiger partial charge is 0.248 e. The Balaban J connectivity index is 2.08. The lowest BCUT2D eigenvalue weighted by Crippen LogP contribution is -2.18. The number of aryl methyl sites for hydroxylation is 2. The summed E-state index contributed by atoms with van der Waals surface area (Å²) in [5.41, 5.74) is 1.01. The molecule has 0 bridgehead atoms. The first-order chi connectivity index (χ1) is 9.10. The van der Waals surface area contributed by atoms with Crippen molar-refractivity contribution in [2.75, 3.05) is 5.75 Å². The van der Waals surface area contributed by atoms with Gasteiger partial charge in [0.1, 0.15) is 5.15 Å². The summed E-state index contributed by atoms with van der Waals surface area (Å²) < 4.78 is 51.9. The van der Waals surface area contributed by atoms with Crippen LogP contribution >= 0.6 is 11.6 Å². The van der Waals surface area contributed by atoms with Crippen molar-refractivity contribution >= 4 is 21.4 Å². The van der Waals surface area contributed by atoms with Crippen molar-refractivity contribution in [3.8, 4) is 0 Å². The van der Waals surface area contributed by atoms with Gasteiger partial charge in [-0.15, -0.1) is 0 Å². The minimum absolute atomic E-state index is 0.215. The highest BCUT2D eigenvalue weighted by Gasteiger charge is 2.41. The minimum atomic E-state index is -3.47. The van der Waals surface area contributed by atoms with Gasteiger partial charge >= 0.3 is 0 Å². The van der Waals surface area contributed by atoms with Gasteiger partial charge in [-0.05, 0) is 19.3 Å². The number of hydrogen-bond acceptors (Lipinski definition) is 3. The Morgan fingerprint density at radius 2 is 2.15 bits per heavy atom. The lowest BCUT2D eigenvalue weighted by atomic mass is 10.1. The van der Waals surface area contributed by atoms with Gasteiger partial charge < -0.3 is 0 Å². The van der Waals surface area contributed by atoms with Gasteiger partial charge in [-0.1, -0.05) is 11.6 Å². The SMILES string of the molecule is Cc1nn(C)c(Cl)c1CS(=O)(=O)CC1CCC(F)(F)C1. The van der Waals surface area contributed by atoms with Crippen LogP contribution in [0.1, 0.15) is 30.5 Å². The maximum Gasteiger partial charge on any atom is 0.248 e. The van der Waals surface area contributed by atoms with E-state index < -0.39 is 21.7 Å². The second-order valence-corrected chi connectivity index (χ2v) is 7.96. The molecule has 0 radical (unpaired) electrons. The minimum Gasteiger partial charge on any atom is -0.257 e. The summed E-state index contributed by atoms with van der Waals surface area (Å²) in [6.45, 7) is 1.68. The van der Waals surface area contributed by atoms with Crippen LogP contribution in [0.25, 0.3) is 0 Å². The number of nitrogens with zero attached hydrogens (tertiary/aromatic N) is 2. The molecule has 1 aliphatic carbocycles. The molecule has 4 nitrogen and oxygen atoms in total. The van der Waals surface area contributed by atoms with Gasteiger partial charge in [-0.3, -0.25) is 4.68 Å². The summed E-state index contributed by atoms with van der Waals surface area (Å²) >= 11 is 6.00. The fraction of sp³-hybridized carbons (Fsp3) is 0.750. The van der Waals surface area contributed by atoms with E-state index in [2.05, 4.69) is 5.10 Å². The Labute approximate surface area is 122 Å². The molecule has 114 valence electrons. The van der Waals surface area contributed by atoms with E-state index in [0.29, 0.717) is 11.3 Å². The normalized spacial score (nSPS) is 22.4. The van der Waals surface area contributed by atoms with Crippen LogP contribution in [-0.4, -0.2) is 29.9 Å². The summed E-state index contributed by atoms with van der Waals surface area (Å²) in [5.74, 6) is -3.64. The topological polar surface area (TPSA) is 52.0 Å². The number of sulfone groups is 1. The molecule has 0 amide bonds. The van der Waals surface area contributed by atoms with Gasteiger partial charge in [0.25, 0.3) is 0 Å². The number of hydrogen-bond donors (Lipinski definition) is 0. The van der Waals surface area contributed by atoms with Gasteiger partial charge in [0.2, 0.25) is 5.92 Å². The van der Waals surface area contributed by atoms with Gasteiger partial charge in [0, 0.05) is 25.5 Å². The number of alkyl halides is 2. The Kier molecular flexibility index (Phi) is 4.12. The van der Waals surface area contributed by atoms with Crippen molar-refractivity contribution in [2.45, 2.75) is 37.9 Å². The zero-order valence-corrected chi connectivity index (χ0v) is 12.9. The third-order valence-electron chi connectivity index (χ3n) is 3.63. The van der Waals surface area contributed by atoms with Crippen LogP contribution < -0.4 is 0 Å². The van der Waals surface area contributed by atoms with E-state index in [1.807, 2.05) is 0 Å². The van der Waals surface area contributed by atoms with Crippen molar-refractivity contribution in [1.82, 2.24) is 9.78 Å². The molecule has 2 rings (SSSR count). The predicted octanol–water partition coefficient (Wildman–Crippen LogP) is 2.73. The van der Waals surface area contributed by atoms with Crippen LogP contribution in [0.2, 0.25) is 5.15 Å². The zero-order chi connectivity index (χ0) is 15.1. The average Bonchev–Trinajstić information content (AvgIpc) is 2.73. The van der Waals surface area contributed by atoms with Crippen molar-refractivity contribution in [3.05, 3.63) is 16.4 Å². The second kappa shape index (κ2) is 5.26. The van der Waals surface area contributed by atoms with E-state index >= 15 is 0 Å². The molecule has 0 N–H and O–H groups in total. The highest BCUT2D eigenvalue weighted by molar-refractivity contribution is 7.90. The first kappa shape index (κ1) is 15.7. The summed E-state index contributed by atoms with van der Waals surface area (Å²) in [7, 11) is -1.84. The summed E-state index contributed by atoms with van der Waals surface area (Å²) in [5, 5.41) is 4.33. The molecule has 0 saturated heterocycles. The Morgan fingerprint density at radius 1 is 1.50 bits per heavy atom. The molecule has 0 aliphatic heterocycles. The summed E-state index contributed by atoms with van der Waals surface area (Å²) in [4.78, 5) is 0. The quantitative estimate of drug-likeness (QED) is 0.855. The number of aromatic nitrogens is 2. The summed E-state index contributed by atoms with van der Waals surface area (Å²) in [6.07, 6.45) is -0.308. The molecule has 1 heterocycles. The third-order valence-corrected chi connectivity index (χ3v) is 5.81. The van der Waals surface area contributed by atoms with Gasteiger partial charge in [0.15, 0.2) is 9.84 Å². The monoisotopic (exact) mass is 326 g/mol. The largest absolute Gasteiger partial charge is 0.257 e. The second-order valence-electron chi connectivity index (χ2n) is 5.50. The highest BCUT2D eigenvalue weighted by atomic mass is 35.5. The van der Waals surface area contributed by atoms with Gasteiger partial charge in [-0.2, -0.15) is 5.10 Å². The standard InChI is InChI=1S/C12H17ClF2N2O2S/c1-8-10(11(13)17(2)16-8)7-20(18,19)6-9-3-4-12(14,15)5-9/h9H,3-7H2,1-2H3. The van der Waals surface area contributed by atoms with Crippen LogP contribution in [0.4, 0.5) is 8.78 Å². The molecule has 1 aromatic rings. The van der Waals surface area contributed by atoms with E-state index in [4.69, 9.17) is 11.6 Å². The van der Waals surface area contributed by atoms with E-state index in [1.165, 1.54) is 4.68 Å². The maximum absolute atomic E-state index is 13.1. The van der Waals surface area contributed by atoms with Crippen molar-refractivity contribution in [2.24, 2.45) is 13.0 Å². The first-order valence-corrected chi connectivity index (χ1v) is 8.56. The molecule has 8 heteroatoms. The number of rotatable bonds is 4. The van der Waals surface area contributed by atoms with Crippen LogP contribution in [0.5, 0.6) is 0 Å². The molecule has 1 aliphatic rings. The first-order valence-electron chi connectivity index (χ1n) is 6.36. The lowest BCUT2D eigenvalue weighted by molar-refractivity contribution is 0.00592. The zero-order valence-electron chi connectivity index (χ0n) is 11.4. The van der Waals surface area contributed by atoms with Crippen molar-refractivity contribution in [3.63, 3.8) is 0 Å². The Bertz CT molecular complexity index is 613. The van der Waals surface area contributed by atoms with E-state index in [-0.39, 0.29) is 35.9 Å². The van der Waals surface area contributed by atoms with Crippen molar-refractivity contribution < 1.29 is 17.2 Å². The molecule has 1 aromatic heterocycles. The molecular formula is C12H17ClF2N2O2S. The van der Waals surface area contributed by atoms with E-state index in [9.17, 15) is 17.2 Å². The molecular weight excluding hydrogens is 310 g/mol. The van der Waals surface area contributed by atoms with Crippen LogP contribution in [0.3, 0.4) is 0 Å². The number of halogens is 3. The highest BCUT2D eigenvalue weighted by Crippen LogP contribution is 2.39. The third kappa shape index (κ3) is 3.49. The van der Waals surface area contributed by atoms with Gasteiger partial charge in [-0.25, -0.2) is 17.2 Å². The van der Waals surface area contributed by atoms with Gasteiger partial charge in [0.05, 0.1) is 17.2 Å². The summed E-state index contributed by atoms with van der Waals surface area (Å²) in [6, 6.07) is 0. The van der Waals surface area contributed by atoms with E-state index in [0.717, 1.165) is 0 Å². The van der Waals surface area contributed by atoms with Crippen molar-refractivity contribution in [1.29, 1.82) is 0 Å². The Hall–Kier alpha value is -0.690. The fourth-order valence-corrected chi connectivity index (χ4v) is 4.89. The average molecular weight is 327 g/mol. The molecule has 1 saturated carbocycles. The Morgan fingerprint density at radius 3 is 2.60 bits per heavy atom. The van der Waals surface area contributed by atoms with Crippen LogP contribution in [0.15, 0.2) is 0 Å². The molecule has 0 aromatic carbocycles. The van der Waals surface area contributed by atoms with E-state index in [1.54, 1.807) is 14.0 Å². The molecule has 1 unspecified atom stereocenters. The predicted molar refractivity (Wildman–Crippen MR) is 72.7 cm³/mol. The van der Waals surface area contributed by atoms with Crippen LogP contribution in [-0.2, 0) is 22.6 Å². The maximum atomic E-state index is 13.1.